The van der Waals surface area contributed by atoms with Crippen LogP contribution in [-0.2, 0) is 10.1 Å². The molecule has 1 aromatic rings. The number of aromatic carboxylic acids is 1. The van der Waals surface area contributed by atoms with Crippen LogP contribution in [-0.4, -0.2) is 41.5 Å². The molecule has 0 spiro atoms. The standard InChI is InChI=1S/C11H13NO6S/c1-3-12(15)6-10-7(2)4-8(19(16,17)18)5-9(10)11(13)14/h4-6H,3H2,1-2H3,(H,13,14)(H,16,17,18). The van der Waals surface area contributed by atoms with Crippen LogP contribution in [0, 0.1) is 12.1 Å². The van der Waals surface area contributed by atoms with E-state index < -0.39 is 21.0 Å². The van der Waals surface area contributed by atoms with Gasteiger partial charge in [0.15, 0.2) is 12.8 Å². The van der Waals surface area contributed by atoms with Crippen molar-refractivity contribution in [1.29, 1.82) is 0 Å². The van der Waals surface area contributed by atoms with Crippen molar-refractivity contribution < 1.29 is 27.6 Å². The number of aryl methyl sites for hydroxylation is 1. The van der Waals surface area contributed by atoms with Gasteiger partial charge in [0.2, 0.25) is 0 Å². The maximum Gasteiger partial charge on any atom is 0.336 e. The molecule has 0 bridgehead atoms. The van der Waals surface area contributed by atoms with Crippen molar-refractivity contribution in [3.8, 4) is 0 Å². The highest BCUT2D eigenvalue weighted by molar-refractivity contribution is 7.85. The second-order valence-corrected chi connectivity index (χ2v) is 5.27. The number of carboxylic acid groups (broad SMARTS) is 1. The van der Waals surface area contributed by atoms with Crippen LogP contribution in [0.3, 0.4) is 0 Å². The summed E-state index contributed by atoms with van der Waals surface area (Å²) in [4.78, 5) is 10.6. The summed E-state index contributed by atoms with van der Waals surface area (Å²) in [6.07, 6.45) is 1.08. The zero-order valence-corrected chi connectivity index (χ0v) is 11.1. The molecule has 104 valence electrons. The van der Waals surface area contributed by atoms with Gasteiger partial charge in [0, 0.05) is 0 Å². The molecule has 0 atom stereocenters. The van der Waals surface area contributed by atoms with Gasteiger partial charge in [0.1, 0.15) is 0 Å². The zero-order chi connectivity index (χ0) is 14.8. The van der Waals surface area contributed by atoms with Crippen molar-refractivity contribution in [3.05, 3.63) is 34.0 Å². The largest absolute Gasteiger partial charge is 0.624 e. The second kappa shape index (κ2) is 5.37. The minimum absolute atomic E-state index is 0.108. The molecule has 0 heterocycles. The maximum absolute atomic E-state index is 11.3. The molecule has 0 fully saturated rings. The van der Waals surface area contributed by atoms with Gasteiger partial charge in [-0.15, -0.1) is 0 Å². The van der Waals surface area contributed by atoms with E-state index in [2.05, 4.69) is 0 Å². The molecule has 0 amide bonds. The molecule has 0 unspecified atom stereocenters. The normalized spacial score (nSPS) is 12.5. The molecule has 1 aromatic carbocycles. The average molecular weight is 287 g/mol. The quantitative estimate of drug-likeness (QED) is 0.279. The van der Waals surface area contributed by atoms with Gasteiger partial charge in [-0.2, -0.15) is 8.42 Å². The molecule has 0 aliphatic carbocycles. The Morgan fingerprint density at radius 1 is 1.47 bits per heavy atom. The number of carbonyl (C=O) groups is 1. The van der Waals surface area contributed by atoms with Crippen LogP contribution in [0.4, 0.5) is 0 Å². The summed E-state index contributed by atoms with van der Waals surface area (Å²) in [6.45, 7) is 3.17. The highest BCUT2D eigenvalue weighted by Crippen LogP contribution is 2.19. The fraction of sp³-hybridized carbons (Fsp3) is 0.273. The molecule has 8 heteroatoms. The Morgan fingerprint density at radius 3 is 2.47 bits per heavy atom. The number of rotatable bonds is 4. The summed E-state index contributed by atoms with van der Waals surface area (Å²) < 4.78 is 31.5. The third kappa shape index (κ3) is 3.52. The summed E-state index contributed by atoms with van der Waals surface area (Å²) in [5.41, 5.74) is 0.0144. The van der Waals surface area contributed by atoms with Crippen molar-refractivity contribution in [2.45, 2.75) is 18.7 Å². The summed E-state index contributed by atoms with van der Waals surface area (Å²) in [5.74, 6) is -1.38. The number of hydroxylamine groups is 1. The van der Waals surface area contributed by atoms with Gasteiger partial charge >= 0.3 is 5.97 Å². The number of carboxylic acids is 1. The van der Waals surface area contributed by atoms with Gasteiger partial charge in [-0.05, 0) is 31.5 Å². The van der Waals surface area contributed by atoms with Crippen molar-refractivity contribution in [1.82, 2.24) is 0 Å². The van der Waals surface area contributed by atoms with Gasteiger partial charge in [0.25, 0.3) is 10.1 Å². The molecule has 2 N–H and O–H groups in total. The van der Waals surface area contributed by atoms with E-state index in [9.17, 15) is 18.4 Å². The van der Waals surface area contributed by atoms with Crippen molar-refractivity contribution in [2.24, 2.45) is 0 Å². The predicted molar refractivity (Wildman–Crippen MR) is 67.3 cm³/mol. The Labute approximate surface area is 110 Å². The first-order valence-corrected chi connectivity index (χ1v) is 6.75. The predicted octanol–water partition coefficient (Wildman–Crippen LogP) is 0.889. The summed E-state index contributed by atoms with van der Waals surface area (Å²) in [5, 5.41) is 20.3. The minimum atomic E-state index is -4.50. The molecule has 0 aromatic heterocycles. The summed E-state index contributed by atoms with van der Waals surface area (Å²) >= 11 is 0. The third-order valence-corrected chi connectivity index (χ3v) is 3.30. The van der Waals surface area contributed by atoms with Gasteiger partial charge in [0.05, 0.1) is 16.0 Å². The van der Waals surface area contributed by atoms with Crippen LogP contribution in [0.25, 0.3) is 0 Å². The molecule has 0 aliphatic rings. The Kier molecular flexibility index (Phi) is 4.28. The lowest BCUT2D eigenvalue weighted by Gasteiger charge is -2.08. The lowest BCUT2D eigenvalue weighted by Crippen LogP contribution is -2.12. The number of benzene rings is 1. The van der Waals surface area contributed by atoms with E-state index in [1.165, 1.54) is 6.92 Å². The van der Waals surface area contributed by atoms with Gasteiger partial charge in [-0.3, -0.25) is 4.55 Å². The van der Waals surface area contributed by atoms with Gasteiger partial charge in [-0.1, -0.05) is 0 Å². The van der Waals surface area contributed by atoms with E-state index in [1.54, 1.807) is 6.92 Å². The van der Waals surface area contributed by atoms with Crippen molar-refractivity contribution in [2.75, 3.05) is 6.54 Å². The van der Waals surface area contributed by atoms with E-state index in [-0.39, 0.29) is 23.2 Å². The average Bonchev–Trinajstić information content (AvgIpc) is 2.29. The monoisotopic (exact) mass is 287 g/mol. The van der Waals surface area contributed by atoms with Crippen LogP contribution in [0.15, 0.2) is 17.0 Å². The Hall–Kier alpha value is -1.93. The van der Waals surface area contributed by atoms with Crippen LogP contribution < -0.4 is 0 Å². The second-order valence-electron chi connectivity index (χ2n) is 3.84. The van der Waals surface area contributed by atoms with Crippen LogP contribution >= 0.6 is 0 Å². The fourth-order valence-corrected chi connectivity index (χ4v) is 2.09. The molecule has 0 saturated heterocycles. The number of hydrogen-bond donors (Lipinski definition) is 2. The topological polar surface area (TPSA) is 118 Å². The smallest absolute Gasteiger partial charge is 0.336 e. The molecular weight excluding hydrogens is 274 g/mol. The Morgan fingerprint density at radius 2 is 2.05 bits per heavy atom. The molecule has 19 heavy (non-hydrogen) atoms. The fourth-order valence-electron chi connectivity index (χ4n) is 1.50. The van der Waals surface area contributed by atoms with Crippen LogP contribution in [0.1, 0.15) is 28.4 Å². The van der Waals surface area contributed by atoms with Crippen LogP contribution in [0.5, 0.6) is 0 Å². The lowest BCUT2D eigenvalue weighted by atomic mass is 10.0. The molecule has 0 saturated carbocycles. The SMILES string of the molecule is CC[N+]([O-])=Cc1c(C)cc(S(=O)(=O)O)cc1C(=O)O. The Balaban J connectivity index is 3.62. The molecule has 1 rings (SSSR count). The van der Waals surface area contributed by atoms with Gasteiger partial charge < -0.3 is 10.3 Å². The molecule has 0 aliphatic heterocycles. The third-order valence-electron chi connectivity index (χ3n) is 2.47. The zero-order valence-electron chi connectivity index (χ0n) is 10.3. The first-order chi connectivity index (χ1) is 8.66. The highest BCUT2D eigenvalue weighted by Gasteiger charge is 2.20. The van der Waals surface area contributed by atoms with E-state index in [0.29, 0.717) is 4.74 Å². The van der Waals surface area contributed by atoms with Crippen LogP contribution in [0.2, 0.25) is 0 Å². The van der Waals surface area contributed by atoms with Gasteiger partial charge in [-0.25, -0.2) is 9.53 Å². The minimum Gasteiger partial charge on any atom is -0.624 e. The summed E-state index contributed by atoms with van der Waals surface area (Å²) in [6, 6.07) is 1.93. The molecule has 7 nitrogen and oxygen atoms in total. The number of nitrogens with zero attached hydrogens (tertiary/aromatic N) is 1. The van der Waals surface area contributed by atoms with Crippen molar-refractivity contribution in [3.63, 3.8) is 0 Å². The summed E-state index contributed by atoms with van der Waals surface area (Å²) in [7, 11) is -4.50. The van der Waals surface area contributed by atoms with E-state index >= 15 is 0 Å². The maximum atomic E-state index is 11.3. The van der Waals surface area contributed by atoms with Crippen molar-refractivity contribution >= 4 is 22.3 Å². The highest BCUT2D eigenvalue weighted by atomic mass is 32.2. The first kappa shape index (κ1) is 15.1. The number of hydrogen-bond acceptors (Lipinski definition) is 4. The molecular formula is C11H13NO6S. The van der Waals surface area contributed by atoms with E-state index in [1.807, 2.05) is 0 Å². The first-order valence-electron chi connectivity index (χ1n) is 5.31. The van der Waals surface area contributed by atoms with E-state index in [0.717, 1.165) is 18.3 Å². The Bertz CT molecular complexity index is 647. The molecule has 0 radical (unpaired) electrons. The lowest BCUT2D eigenvalue weighted by molar-refractivity contribution is -0.447. The van der Waals surface area contributed by atoms with E-state index in [4.69, 9.17) is 9.66 Å².